The summed E-state index contributed by atoms with van der Waals surface area (Å²) in [6, 6.07) is 24.9. The molecule has 4 aromatic rings. The van der Waals surface area contributed by atoms with E-state index in [1.54, 1.807) is 0 Å². The summed E-state index contributed by atoms with van der Waals surface area (Å²) in [5.74, 6) is 2.80. The second kappa shape index (κ2) is 7.28. The quantitative estimate of drug-likeness (QED) is 0.408. The summed E-state index contributed by atoms with van der Waals surface area (Å²) in [7, 11) is 0. The van der Waals surface area contributed by atoms with Gasteiger partial charge in [0.1, 0.15) is 30.5 Å². The van der Waals surface area contributed by atoms with Gasteiger partial charge in [0.25, 0.3) is 0 Å². The summed E-state index contributed by atoms with van der Waals surface area (Å²) in [6.45, 7) is 1.08. The minimum atomic E-state index is 0.529. The Balaban J connectivity index is 1.56. The highest BCUT2D eigenvalue weighted by molar-refractivity contribution is 5.64. The van der Waals surface area contributed by atoms with E-state index in [1.165, 1.54) is 38.6 Å². The van der Waals surface area contributed by atoms with Crippen LogP contribution in [0.3, 0.4) is 0 Å². The van der Waals surface area contributed by atoms with Crippen molar-refractivity contribution in [2.75, 3.05) is 0 Å². The van der Waals surface area contributed by atoms with E-state index in [0.29, 0.717) is 13.2 Å². The van der Waals surface area contributed by atoms with Gasteiger partial charge in [0.2, 0.25) is 0 Å². The van der Waals surface area contributed by atoms with Gasteiger partial charge < -0.3 is 14.2 Å². The maximum Gasteiger partial charge on any atom is 0.133 e. The van der Waals surface area contributed by atoms with Crippen LogP contribution in [-0.4, -0.2) is 0 Å². The summed E-state index contributed by atoms with van der Waals surface area (Å²) in [5, 5.41) is 2.33. The van der Waals surface area contributed by atoms with Crippen LogP contribution in [0.5, 0.6) is 17.2 Å². The van der Waals surface area contributed by atoms with Gasteiger partial charge in [-0.2, -0.15) is 0 Å². The number of hydrogen-bond acceptors (Lipinski definition) is 3. The van der Waals surface area contributed by atoms with Gasteiger partial charge in [-0.3, -0.25) is 0 Å². The van der Waals surface area contributed by atoms with Crippen molar-refractivity contribution in [1.82, 2.24) is 0 Å². The Labute approximate surface area is 192 Å². The van der Waals surface area contributed by atoms with E-state index < -0.39 is 0 Å². The monoisotopic (exact) mass is 430 g/mol. The number of ether oxygens (including phenoxy) is 3. The van der Waals surface area contributed by atoms with Crippen molar-refractivity contribution in [1.29, 1.82) is 0 Å². The number of benzene rings is 4. The Kier molecular flexibility index (Phi) is 4.10. The van der Waals surface area contributed by atoms with Crippen LogP contribution in [0, 0.1) is 0 Å². The first-order valence-electron chi connectivity index (χ1n) is 11.4. The van der Waals surface area contributed by atoms with Crippen LogP contribution in [-0.2, 0) is 26.1 Å². The lowest BCUT2D eigenvalue weighted by Gasteiger charge is -2.17. The molecule has 3 heterocycles. The number of hydrogen-bond donors (Lipinski definition) is 0. The van der Waals surface area contributed by atoms with Gasteiger partial charge in [0.15, 0.2) is 0 Å². The van der Waals surface area contributed by atoms with Gasteiger partial charge in [0, 0.05) is 29.2 Å². The van der Waals surface area contributed by atoms with Crippen molar-refractivity contribution in [3.05, 3.63) is 122 Å². The van der Waals surface area contributed by atoms with Crippen LogP contribution in [0.1, 0.15) is 38.9 Å². The van der Waals surface area contributed by atoms with E-state index in [1.807, 2.05) is 30.5 Å². The van der Waals surface area contributed by atoms with Crippen LogP contribution < -0.4 is 24.6 Å². The zero-order valence-electron chi connectivity index (χ0n) is 18.1. The minimum absolute atomic E-state index is 0.529. The Morgan fingerprint density at radius 3 is 1.88 bits per heavy atom. The average Bonchev–Trinajstić information content (AvgIpc) is 3.25. The second-order valence-corrected chi connectivity index (χ2v) is 8.81. The lowest BCUT2D eigenvalue weighted by atomic mass is 9.87. The minimum Gasteiger partial charge on any atom is -0.489 e. The first kappa shape index (κ1) is 18.6. The fourth-order valence-electron chi connectivity index (χ4n) is 5.32. The average molecular weight is 431 g/mol. The summed E-state index contributed by atoms with van der Waals surface area (Å²) >= 11 is 0. The molecule has 0 aromatic heterocycles. The maximum atomic E-state index is 6.35. The zero-order chi connectivity index (χ0) is 21.8. The van der Waals surface area contributed by atoms with E-state index in [9.17, 15) is 0 Å². The summed E-state index contributed by atoms with van der Waals surface area (Å²) in [5.41, 5.74) is 8.61. The summed E-state index contributed by atoms with van der Waals surface area (Å²) in [6.07, 6.45) is 5.85. The van der Waals surface area contributed by atoms with Gasteiger partial charge in [-0.05, 0) is 57.3 Å². The molecule has 0 amide bonds. The molecule has 7 rings (SSSR count). The molecular formula is C30H22O3. The molecule has 3 heteroatoms. The number of rotatable bonds is 0. The molecule has 33 heavy (non-hydrogen) atoms. The predicted molar refractivity (Wildman–Crippen MR) is 128 cm³/mol. The molecule has 3 aliphatic heterocycles. The summed E-state index contributed by atoms with van der Waals surface area (Å²) in [4.78, 5) is 0. The van der Waals surface area contributed by atoms with E-state index in [4.69, 9.17) is 14.2 Å². The molecule has 0 saturated carbocycles. The van der Waals surface area contributed by atoms with Crippen LogP contribution in [0.2, 0.25) is 0 Å². The first-order valence-corrected chi connectivity index (χ1v) is 11.4. The Hall–Kier alpha value is -3.98. The molecule has 0 radical (unpaired) electrons. The lowest BCUT2D eigenvalue weighted by molar-refractivity contribution is 0.300. The molecule has 0 bridgehead atoms. The van der Waals surface area contributed by atoms with Gasteiger partial charge in [0.05, 0.1) is 6.26 Å². The van der Waals surface area contributed by atoms with Crippen molar-refractivity contribution >= 4 is 12.3 Å². The van der Waals surface area contributed by atoms with Crippen LogP contribution in [0.15, 0.2) is 72.8 Å². The van der Waals surface area contributed by atoms with E-state index in [-0.39, 0.29) is 0 Å². The van der Waals surface area contributed by atoms with Crippen LogP contribution in [0.4, 0.5) is 0 Å². The summed E-state index contributed by atoms with van der Waals surface area (Å²) < 4.78 is 18.9. The highest BCUT2D eigenvalue weighted by Crippen LogP contribution is 2.34. The third kappa shape index (κ3) is 2.96. The predicted octanol–water partition coefficient (Wildman–Crippen LogP) is 4.61. The topological polar surface area (TPSA) is 27.7 Å². The van der Waals surface area contributed by atoms with Gasteiger partial charge in [-0.1, -0.05) is 54.6 Å². The molecule has 0 N–H and O–H groups in total. The molecular weight excluding hydrogens is 408 g/mol. The SMILES string of the molecule is C1=c2c3c(c4c(c2=COc2ccccc21)Cc1ccccc1OC4)Cc1ccccc1OC3. The molecule has 4 aromatic carbocycles. The van der Waals surface area contributed by atoms with Crippen LogP contribution >= 0.6 is 0 Å². The Bertz CT molecular complexity index is 1550. The molecule has 0 saturated heterocycles. The Morgan fingerprint density at radius 2 is 1.12 bits per heavy atom. The maximum absolute atomic E-state index is 6.35. The lowest BCUT2D eigenvalue weighted by Crippen LogP contribution is -2.36. The van der Waals surface area contributed by atoms with Gasteiger partial charge in [-0.15, -0.1) is 0 Å². The van der Waals surface area contributed by atoms with Gasteiger partial charge >= 0.3 is 0 Å². The molecule has 0 fully saturated rings. The first-order chi connectivity index (χ1) is 16.3. The fraction of sp³-hybridized carbons (Fsp3) is 0.133. The van der Waals surface area contributed by atoms with Crippen molar-refractivity contribution in [3.8, 4) is 17.2 Å². The number of para-hydroxylation sites is 3. The van der Waals surface area contributed by atoms with Crippen molar-refractivity contribution < 1.29 is 14.2 Å². The molecule has 0 atom stereocenters. The van der Waals surface area contributed by atoms with Crippen LogP contribution in [0.25, 0.3) is 12.3 Å². The normalized spacial score (nSPS) is 14.8. The number of fused-ring (bicyclic) bond motifs is 9. The zero-order valence-corrected chi connectivity index (χ0v) is 18.1. The Morgan fingerprint density at radius 1 is 0.515 bits per heavy atom. The fourth-order valence-corrected chi connectivity index (χ4v) is 5.32. The van der Waals surface area contributed by atoms with E-state index in [0.717, 1.165) is 40.9 Å². The highest BCUT2D eigenvalue weighted by atomic mass is 16.5. The van der Waals surface area contributed by atoms with E-state index >= 15 is 0 Å². The molecule has 3 aliphatic rings. The highest BCUT2D eigenvalue weighted by Gasteiger charge is 2.26. The second-order valence-electron chi connectivity index (χ2n) is 8.81. The molecule has 160 valence electrons. The third-order valence-electron chi connectivity index (χ3n) is 6.98. The molecule has 3 nitrogen and oxygen atoms in total. The van der Waals surface area contributed by atoms with Gasteiger partial charge in [-0.25, -0.2) is 0 Å². The molecule has 0 spiro atoms. The van der Waals surface area contributed by atoms with Crippen molar-refractivity contribution in [2.45, 2.75) is 26.1 Å². The molecule has 0 aliphatic carbocycles. The standard InChI is InChI=1S/C30H22O3/c1-4-10-28-19(7-1)13-22-25(16-31-28)23-14-20-8-3-6-12-30(20)33-18-27(23)24-15-21-9-2-5-11-29(21)32-17-26(22)24/h1-13,16H,14-15,17-18H2. The smallest absolute Gasteiger partial charge is 0.133 e. The van der Waals surface area contributed by atoms with E-state index in [2.05, 4.69) is 54.6 Å². The third-order valence-corrected chi connectivity index (χ3v) is 6.98. The molecule has 0 unspecified atom stereocenters. The van der Waals surface area contributed by atoms with Crippen molar-refractivity contribution in [2.24, 2.45) is 0 Å². The largest absolute Gasteiger partial charge is 0.489 e. The van der Waals surface area contributed by atoms with Crippen molar-refractivity contribution in [3.63, 3.8) is 0 Å².